The Labute approximate surface area is 195 Å². The van der Waals surface area contributed by atoms with Crippen LogP contribution in [0.3, 0.4) is 0 Å². The minimum Gasteiger partial charge on any atom is -0.494 e. The standard InChI is InChI=1S/C26H33BrN2O2/c1-2-3-4-5-6-7-8-9-10-11-18-31-23-15-13-22(14-16-23)26(30)29-25-17-12-21(20-28)19-24(25)27/h12-17,19H,2-11,18H2,1H3,(H,29,30). The van der Waals surface area contributed by atoms with E-state index in [4.69, 9.17) is 10.00 Å². The number of unbranched alkanes of at least 4 members (excludes halogenated alkanes) is 9. The highest BCUT2D eigenvalue weighted by Gasteiger charge is 2.09. The normalized spacial score (nSPS) is 10.5. The zero-order chi connectivity index (χ0) is 22.3. The molecule has 166 valence electrons. The lowest BCUT2D eigenvalue weighted by Crippen LogP contribution is -2.12. The van der Waals surface area contributed by atoms with Gasteiger partial charge in [0.05, 0.1) is 23.9 Å². The van der Waals surface area contributed by atoms with Crippen LogP contribution < -0.4 is 10.1 Å². The maximum Gasteiger partial charge on any atom is 0.255 e. The molecule has 0 heterocycles. The number of nitrogens with zero attached hydrogens (tertiary/aromatic N) is 1. The molecule has 0 saturated heterocycles. The number of rotatable bonds is 14. The minimum absolute atomic E-state index is 0.202. The van der Waals surface area contributed by atoms with Gasteiger partial charge in [-0.15, -0.1) is 0 Å². The average Bonchev–Trinajstić information content (AvgIpc) is 2.79. The lowest BCUT2D eigenvalue weighted by molar-refractivity contribution is 0.102. The van der Waals surface area contributed by atoms with Crippen molar-refractivity contribution in [3.8, 4) is 11.8 Å². The van der Waals surface area contributed by atoms with E-state index in [9.17, 15) is 4.79 Å². The highest BCUT2D eigenvalue weighted by atomic mass is 79.9. The molecule has 0 aliphatic rings. The Kier molecular flexibility index (Phi) is 11.8. The summed E-state index contributed by atoms with van der Waals surface area (Å²) in [4.78, 5) is 12.5. The summed E-state index contributed by atoms with van der Waals surface area (Å²) < 4.78 is 6.48. The zero-order valence-electron chi connectivity index (χ0n) is 18.5. The first-order chi connectivity index (χ1) is 15.1. The Morgan fingerprint density at radius 2 is 1.55 bits per heavy atom. The van der Waals surface area contributed by atoms with Crippen molar-refractivity contribution in [2.24, 2.45) is 0 Å². The molecule has 2 aromatic rings. The third kappa shape index (κ3) is 9.57. The molecule has 0 aromatic heterocycles. The van der Waals surface area contributed by atoms with Gasteiger partial charge >= 0.3 is 0 Å². The minimum atomic E-state index is -0.202. The van der Waals surface area contributed by atoms with Crippen LogP contribution in [-0.2, 0) is 0 Å². The molecule has 5 heteroatoms. The third-order valence-electron chi connectivity index (χ3n) is 5.23. The Bertz CT molecular complexity index is 843. The third-order valence-corrected chi connectivity index (χ3v) is 5.89. The number of amides is 1. The number of ether oxygens (including phenoxy) is 1. The molecule has 0 saturated carbocycles. The van der Waals surface area contributed by atoms with Crippen molar-refractivity contribution in [1.29, 1.82) is 5.26 Å². The van der Waals surface area contributed by atoms with Gasteiger partial charge < -0.3 is 10.1 Å². The number of carbonyl (C=O) groups is 1. The number of benzene rings is 2. The average molecular weight is 485 g/mol. The quantitative estimate of drug-likeness (QED) is 0.277. The van der Waals surface area contributed by atoms with E-state index in [1.54, 1.807) is 30.3 Å². The van der Waals surface area contributed by atoms with Crippen molar-refractivity contribution in [3.63, 3.8) is 0 Å². The lowest BCUT2D eigenvalue weighted by Gasteiger charge is -2.09. The molecule has 0 radical (unpaired) electrons. The summed E-state index contributed by atoms with van der Waals surface area (Å²) >= 11 is 3.38. The highest BCUT2D eigenvalue weighted by molar-refractivity contribution is 9.10. The van der Waals surface area contributed by atoms with Gasteiger partial charge in [-0.25, -0.2) is 0 Å². The van der Waals surface area contributed by atoms with Crippen LogP contribution in [0.1, 0.15) is 87.1 Å². The first-order valence-electron chi connectivity index (χ1n) is 11.4. The Hall–Kier alpha value is -2.32. The largest absolute Gasteiger partial charge is 0.494 e. The Morgan fingerprint density at radius 3 is 2.13 bits per heavy atom. The van der Waals surface area contributed by atoms with Crippen LogP contribution in [-0.4, -0.2) is 12.5 Å². The number of nitrogens with one attached hydrogen (secondary N) is 1. The van der Waals surface area contributed by atoms with Crippen molar-refractivity contribution in [1.82, 2.24) is 0 Å². The number of nitriles is 1. The summed E-state index contributed by atoms with van der Waals surface area (Å²) in [5, 5.41) is 11.8. The molecule has 0 atom stereocenters. The molecular formula is C26H33BrN2O2. The second-order valence-corrected chi connectivity index (χ2v) is 8.67. The van der Waals surface area contributed by atoms with Crippen molar-refractivity contribution in [2.75, 3.05) is 11.9 Å². The molecule has 31 heavy (non-hydrogen) atoms. The topological polar surface area (TPSA) is 62.1 Å². The monoisotopic (exact) mass is 484 g/mol. The van der Waals surface area contributed by atoms with Crippen LogP contribution in [0.25, 0.3) is 0 Å². The van der Waals surface area contributed by atoms with Crippen molar-refractivity contribution < 1.29 is 9.53 Å². The summed E-state index contributed by atoms with van der Waals surface area (Å²) in [6, 6.07) is 14.3. The van der Waals surface area contributed by atoms with Gasteiger partial charge in [0.1, 0.15) is 5.75 Å². The molecule has 0 fully saturated rings. The maximum atomic E-state index is 12.5. The lowest BCUT2D eigenvalue weighted by atomic mass is 10.1. The van der Waals surface area contributed by atoms with E-state index in [0.717, 1.165) is 12.2 Å². The molecule has 1 amide bonds. The predicted octanol–water partition coefficient (Wildman–Crippen LogP) is 7.87. The van der Waals surface area contributed by atoms with Crippen LogP contribution in [0.5, 0.6) is 5.75 Å². The van der Waals surface area contributed by atoms with E-state index in [0.29, 0.717) is 27.9 Å². The van der Waals surface area contributed by atoms with Gasteiger partial charge in [0.2, 0.25) is 0 Å². The summed E-state index contributed by atoms with van der Waals surface area (Å²) in [5.41, 5.74) is 1.72. The molecular weight excluding hydrogens is 452 g/mol. The maximum absolute atomic E-state index is 12.5. The first-order valence-corrected chi connectivity index (χ1v) is 12.2. The van der Waals surface area contributed by atoms with Gasteiger partial charge in [-0.2, -0.15) is 5.26 Å². The molecule has 0 unspecified atom stereocenters. The van der Waals surface area contributed by atoms with Crippen LogP contribution in [0.15, 0.2) is 46.9 Å². The molecule has 0 aliphatic heterocycles. The van der Waals surface area contributed by atoms with Crippen LogP contribution >= 0.6 is 15.9 Å². The number of carbonyl (C=O) groups excluding carboxylic acids is 1. The van der Waals surface area contributed by atoms with Gasteiger partial charge in [0, 0.05) is 10.0 Å². The van der Waals surface area contributed by atoms with Gasteiger partial charge in [-0.3, -0.25) is 4.79 Å². The summed E-state index contributed by atoms with van der Waals surface area (Å²) in [6.45, 7) is 2.96. The fourth-order valence-corrected chi connectivity index (χ4v) is 3.84. The second-order valence-electron chi connectivity index (χ2n) is 7.82. The van der Waals surface area contributed by atoms with Gasteiger partial charge in [0.15, 0.2) is 0 Å². The molecule has 2 aromatic carbocycles. The van der Waals surface area contributed by atoms with E-state index in [1.807, 2.05) is 12.1 Å². The number of halogens is 1. The summed E-state index contributed by atoms with van der Waals surface area (Å²) in [7, 11) is 0. The number of hydrogen-bond donors (Lipinski definition) is 1. The summed E-state index contributed by atoms with van der Waals surface area (Å²) in [5.74, 6) is 0.582. The SMILES string of the molecule is CCCCCCCCCCCCOc1ccc(C(=O)Nc2ccc(C#N)cc2Br)cc1. The van der Waals surface area contributed by atoms with E-state index < -0.39 is 0 Å². The van der Waals surface area contributed by atoms with Crippen molar-refractivity contribution in [3.05, 3.63) is 58.1 Å². The molecule has 1 N–H and O–H groups in total. The van der Waals surface area contributed by atoms with Gasteiger partial charge in [-0.1, -0.05) is 64.7 Å². The molecule has 2 rings (SSSR count). The van der Waals surface area contributed by atoms with Crippen LogP contribution in [0.4, 0.5) is 5.69 Å². The van der Waals surface area contributed by atoms with Gasteiger partial charge in [0.25, 0.3) is 5.91 Å². The predicted molar refractivity (Wildman–Crippen MR) is 131 cm³/mol. The fraction of sp³-hybridized carbons (Fsp3) is 0.462. The summed E-state index contributed by atoms with van der Waals surface area (Å²) in [6.07, 6.45) is 13.1. The second kappa shape index (κ2) is 14.6. The van der Waals surface area contributed by atoms with Crippen molar-refractivity contribution >= 4 is 27.5 Å². The first kappa shape index (κ1) is 24.9. The fourth-order valence-electron chi connectivity index (χ4n) is 3.36. The van der Waals surface area contributed by atoms with Crippen LogP contribution in [0, 0.1) is 11.3 Å². The molecule has 0 aliphatic carbocycles. The van der Waals surface area contributed by atoms with E-state index >= 15 is 0 Å². The number of anilines is 1. The van der Waals surface area contributed by atoms with E-state index in [2.05, 4.69) is 34.2 Å². The van der Waals surface area contributed by atoms with E-state index in [-0.39, 0.29) is 5.91 Å². The molecule has 0 spiro atoms. The van der Waals surface area contributed by atoms with Gasteiger partial charge in [-0.05, 0) is 64.8 Å². The zero-order valence-corrected chi connectivity index (χ0v) is 20.0. The number of hydrogen-bond acceptors (Lipinski definition) is 3. The molecule has 4 nitrogen and oxygen atoms in total. The van der Waals surface area contributed by atoms with Crippen molar-refractivity contribution in [2.45, 2.75) is 71.1 Å². The highest BCUT2D eigenvalue weighted by Crippen LogP contribution is 2.24. The van der Waals surface area contributed by atoms with Crippen LogP contribution in [0.2, 0.25) is 0 Å². The Balaban J connectivity index is 1.63. The molecule has 0 bridgehead atoms. The smallest absolute Gasteiger partial charge is 0.255 e. The van der Waals surface area contributed by atoms with E-state index in [1.165, 1.54) is 57.8 Å². The Morgan fingerprint density at radius 1 is 0.935 bits per heavy atom.